The van der Waals surface area contributed by atoms with E-state index >= 15 is 0 Å². The minimum Gasteiger partial charge on any atom is -0.344 e. The van der Waals surface area contributed by atoms with Gasteiger partial charge in [0, 0.05) is 5.41 Å². The smallest absolute Gasteiger partial charge is 0.182 e. The van der Waals surface area contributed by atoms with Gasteiger partial charge in [0.25, 0.3) is 0 Å². The molecule has 1 atom stereocenters. The third-order valence-electron chi connectivity index (χ3n) is 1.93. The summed E-state index contributed by atoms with van der Waals surface area (Å²) in [5.74, 6) is 0. The van der Waals surface area contributed by atoms with Gasteiger partial charge in [-0.15, -0.1) is 0 Å². The summed E-state index contributed by atoms with van der Waals surface area (Å²) in [6, 6.07) is 0. The van der Waals surface area contributed by atoms with Crippen LogP contribution in [0.4, 0.5) is 0 Å². The molecule has 0 spiro atoms. The molecule has 2 rings (SSSR count). The Morgan fingerprint density at radius 1 is 1.15 bits per heavy atom. The molecule has 0 saturated heterocycles. The molecule has 0 bridgehead atoms. The van der Waals surface area contributed by atoms with E-state index in [4.69, 9.17) is 0 Å². The Hall–Kier alpha value is -1.13. The Kier molecular flexibility index (Phi) is 2.54. The number of hydrogen-bond acceptors (Lipinski definition) is 3. The van der Waals surface area contributed by atoms with Crippen molar-refractivity contribution in [3.05, 3.63) is 47.4 Å². The molecule has 2 aliphatic rings. The average Bonchev–Trinajstić information content (AvgIpc) is 2.04. The Balaban J connectivity index is 0.000000845. The largest absolute Gasteiger partial charge is 0.344 e. The highest BCUT2D eigenvalue weighted by atomic mass is 32.2. The van der Waals surface area contributed by atoms with Crippen LogP contribution in [0.25, 0.3) is 0 Å². The van der Waals surface area contributed by atoms with Crippen molar-refractivity contribution < 1.29 is 8.42 Å². The molecular weight excluding hydrogens is 186 g/mol. The quantitative estimate of drug-likeness (QED) is 0.640. The molecule has 1 heterocycles. The van der Waals surface area contributed by atoms with Crippen LogP contribution in [-0.2, 0) is 9.84 Å². The lowest BCUT2D eigenvalue weighted by atomic mass is 10.1. The highest BCUT2D eigenvalue weighted by Crippen LogP contribution is 2.23. The minimum atomic E-state index is -3.07. The van der Waals surface area contributed by atoms with Crippen LogP contribution < -0.4 is 6.15 Å². The van der Waals surface area contributed by atoms with Gasteiger partial charge in [-0.3, -0.25) is 0 Å². The molecule has 3 N–H and O–H groups in total. The summed E-state index contributed by atoms with van der Waals surface area (Å²) >= 11 is 0. The van der Waals surface area contributed by atoms with Crippen molar-refractivity contribution >= 4 is 9.84 Å². The maximum atomic E-state index is 11.4. The topological polar surface area (TPSA) is 69.1 Å². The lowest BCUT2D eigenvalue weighted by Crippen LogP contribution is -2.21. The van der Waals surface area contributed by atoms with Crippen LogP contribution in [0.5, 0.6) is 0 Å². The van der Waals surface area contributed by atoms with Crippen LogP contribution in [0.1, 0.15) is 0 Å². The van der Waals surface area contributed by atoms with E-state index in [2.05, 4.69) is 0 Å². The molecule has 0 aromatic carbocycles. The van der Waals surface area contributed by atoms with Gasteiger partial charge in [-0.25, -0.2) is 8.42 Å². The Morgan fingerprint density at radius 3 is 2.62 bits per heavy atom. The average molecular weight is 197 g/mol. The van der Waals surface area contributed by atoms with Crippen LogP contribution in [0.2, 0.25) is 0 Å². The highest BCUT2D eigenvalue weighted by Gasteiger charge is 2.25. The summed E-state index contributed by atoms with van der Waals surface area (Å²) in [7, 11) is -3.07. The molecular formula is C9H11NO2S. The van der Waals surface area contributed by atoms with Crippen molar-refractivity contribution in [3.8, 4) is 0 Å². The van der Waals surface area contributed by atoms with Gasteiger partial charge in [0.2, 0.25) is 0 Å². The second-order valence-electron chi connectivity index (χ2n) is 2.75. The standard InChI is InChI=1S/C9H8O2S.H3N/c10-12(11)7-3-5-8-4-1-2-6-9(8)12;/h1-7,9H;1H3. The number of allylic oxidation sites excluding steroid dienone is 5. The molecule has 0 amide bonds. The molecule has 0 radical (unpaired) electrons. The fraction of sp³-hybridized carbons (Fsp3) is 0.111. The van der Waals surface area contributed by atoms with Gasteiger partial charge in [0.1, 0.15) is 5.25 Å². The van der Waals surface area contributed by atoms with E-state index in [1.54, 1.807) is 18.2 Å². The number of rotatable bonds is 0. The summed E-state index contributed by atoms with van der Waals surface area (Å²) in [4.78, 5) is 0. The van der Waals surface area contributed by atoms with Crippen molar-refractivity contribution in [1.82, 2.24) is 6.15 Å². The van der Waals surface area contributed by atoms with E-state index < -0.39 is 15.1 Å². The minimum absolute atomic E-state index is 0. The SMILES string of the molecule is N.O=S1(=O)C=CC=C2C=CC=CC21. The molecule has 1 aliphatic heterocycles. The van der Waals surface area contributed by atoms with Gasteiger partial charge in [-0.2, -0.15) is 0 Å². The van der Waals surface area contributed by atoms with E-state index in [1.807, 2.05) is 18.2 Å². The predicted octanol–water partition coefficient (Wildman–Crippen LogP) is 1.51. The first-order valence-electron chi connectivity index (χ1n) is 3.67. The van der Waals surface area contributed by atoms with E-state index in [0.717, 1.165) is 5.57 Å². The van der Waals surface area contributed by atoms with Crippen molar-refractivity contribution in [3.63, 3.8) is 0 Å². The van der Waals surface area contributed by atoms with Crippen molar-refractivity contribution in [2.45, 2.75) is 5.25 Å². The molecule has 4 heteroatoms. The maximum Gasteiger partial charge on any atom is 0.182 e. The summed E-state index contributed by atoms with van der Waals surface area (Å²) < 4.78 is 22.8. The summed E-state index contributed by atoms with van der Waals surface area (Å²) in [5.41, 5.74) is 0.847. The molecule has 1 aliphatic carbocycles. The van der Waals surface area contributed by atoms with Crippen LogP contribution in [-0.4, -0.2) is 13.7 Å². The zero-order chi connectivity index (χ0) is 8.60. The third-order valence-corrected chi connectivity index (χ3v) is 3.60. The molecule has 1 unspecified atom stereocenters. The highest BCUT2D eigenvalue weighted by molar-refractivity contribution is 7.95. The van der Waals surface area contributed by atoms with Gasteiger partial charge < -0.3 is 6.15 Å². The fourth-order valence-corrected chi connectivity index (χ4v) is 2.64. The van der Waals surface area contributed by atoms with E-state index in [9.17, 15) is 8.42 Å². The van der Waals surface area contributed by atoms with Gasteiger partial charge in [0.05, 0.1) is 0 Å². The first-order chi connectivity index (χ1) is 5.70. The van der Waals surface area contributed by atoms with Crippen LogP contribution in [0.15, 0.2) is 47.4 Å². The van der Waals surface area contributed by atoms with Crippen LogP contribution >= 0.6 is 0 Å². The van der Waals surface area contributed by atoms with Crippen molar-refractivity contribution in [1.29, 1.82) is 0 Å². The number of sulfone groups is 1. The summed E-state index contributed by atoms with van der Waals surface area (Å²) in [6.45, 7) is 0. The van der Waals surface area contributed by atoms with Crippen LogP contribution in [0.3, 0.4) is 0 Å². The Morgan fingerprint density at radius 2 is 1.92 bits per heavy atom. The van der Waals surface area contributed by atoms with Gasteiger partial charge in [-0.1, -0.05) is 36.5 Å². The molecule has 70 valence electrons. The molecule has 13 heavy (non-hydrogen) atoms. The zero-order valence-corrected chi connectivity index (χ0v) is 7.87. The van der Waals surface area contributed by atoms with E-state index in [0.29, 0.717) is 0 Å². The monoisotopic (exact) mass is 197 g/mol. The van der Waals surface area contributed by atoms with Gasteiger partial charge in [-0.05, 0) is 5.57 Å². The second kappa shape index (κ2) is 3.32. The molecule has 0 saturated carbocycles. The van der Waals surface area contributed by atoms with Crippen molar-refractivity contribution in [2.75, 3.05) is 0 Å². The normalized spacial score (nSPS) is 27.4. The third kappa shape index (κ3) is 1.64. The Labute approximate surface area is 77.6 Å². The number of fused-ring (bicyclic) bond motifs is 1. The van der Waals surface area contributed by atoms with E-state index in [1.165, 1.54) is 5.41 Å². The maximum absolute atomic E-state index is 11.4. The predicted molar refractivity (Wildman–Crippen MR) is 53.2 cm³/mol. The summed E-state index contributed by atoms with van der Waals surface area (Å²) in [5, 5.41) is 0.803. The van der Waals surface area contributed by atoms with Crippen LogP contribution in [0, 0.1) is 0 Å². The Bertz CT molecular complexity index is 413. The molecule has 3 nitrogen and oxygen atoms in total. The molecule has 0 fully saturated rings. The number of hydrogen-bond donors (Lipinski definition) is 1. The molecule has 0 aromatic heterocycles. The first kappa shape index (κ1) is 9.95. The zero-order valence-electron chi connectivity index (χ0n) is 7.05. The lowest BCUT2D eigenvalue weighted by Gasteiger charge is -2.17. The summed E-state index contributed by atoms with van der Waals surface area (Å²) in [6.07, 6.45) is 10.5. The second-order valence-corrected chi connectivity index (χ2v) is 4.71. The fourth-order valence-electron chi connectivity index (χ4n) is 1.33. The first-order valence-corrected chi connectivity index (χ1v) is 5.28. The van der Waals surface area contributed by atoms with E-state index in [-0.39, 0.29) is 6.15 Å². The lowest BCUT2D eigenvalue weighted by molar-refractivity contribution is 0.601. The molecule has 0 aromatic rings. The van der Waals surface area contributed by atoms with Gasteiger partial charge >= 0.3 is 0 Å². The van der Waals surface area contributed by atoms with Crippen molar-refractivity contribution in [2.24, 2.45) is 0 Å². The van der Waals surface area contributed by atoms with Gasteiger partial charge in [0.15, 0.2) is 9.84 Å².